The van der Waals surface area contributed by atoms with Gasteiger partial charge in [-0.25, -0.2) is 0 Å². The predicted molar refractivity (Wildman–Crippen MR) is 143 cm³/mol. The maximum Gasteiger partial charge on any atom is 0.291 e. The zero-order chi connectivity index (χ0) is 25.5. The van der Waals surface area contributed by atoms with Gasteiger partial charge in [0.15, 0.2) is 5.82 Å². The maximum absolute atomic E-state index is 13.1. The Morgan fingerprint density at radius 2 is 1.54 bits per heavy atom. The highest BCUT2D eigenvalue weighted by molar-refractivity contribution is 7.15. The van der Waals surface area contributed by atoms with Crippen LogP contribution >= 0.6 is 11.3 Å². The SMILES string of the molecule is COc1ccc(C=Cc2nc3sc(=Cc4cc(C(C)(C)C)c(O)c(C(C)(C)C)c4)c(=O)n3n2)cc1. The smallest absolute Gasteiger partial charge is 0.291 e. The van der Waals surface area contributed by atoms with Gasteiger partial charge in [0.05, 0.1) is 11.6 Å². The lowest BCUT2D eigenvalue weighted by Gasteiger charge is -2.27. The van der Waals surface area contributed by atoms with Gasteiger partial charge in [0, 0.05) is 11.1 Å². The highest BCUT2D eigenvalue weighted by atomic mass is 32.1. The Balaban J connectivity index is 1.73. The van der Waals surface area contributed by atoms with Crippen LogP contribution in [0.3, 0.4) is 0 Å². The number of ether oxygens (including phenoxy) is 1. The van der Waals surface area contributed by atoms with Crippen molar-refractivity contribution < 1.29 is 9.84 Å². The third-order valence-corrected chi connectivity index (χ3v) is 6.74. The van der Waals surface area contributed by atoms with E-state index in [1.807, 2.05) is 48.6 Å². The van der Waals surface area contributed by atoms with E-state index in [0.717, 1.165) is 28.0 Å². The van der Waals surface area contributed by atoms with Crippen molar-refractivity contribution in [3.05, 3.63) is 79.4 Å². The Hall–Kier alpha value is -3.45. The molecule has 0 aliphatic heterocycles. The number of nitrogens with zero attached hydrogens (tertiary/aromatic N) is 3. The number of aromatic hydroxyl groups is 1. The van der Waals surface area contributed by atoms with Crippen molar-refractivity contribution in [1.29, 1.82) is 0 Å². The van der Waals surface area contributed by atoms with E-state index >= 15 is 0 Å². The van der Waals surface area contributed by atoms with E-state index in [4.69, 9.17) is 4.74 Å². The molecule has 0 aliphatic carbocycles. The van der Waals surface area contributed by atoms with E-state index in [1.165, 1.54) is 15.9 Å². The molecule has 0 aliphatic rings. The molecule has 2 aromatic heterocycles. The molecule has 7 heteroatoms. The fourth-order valence-corrected chi connectivity index (χ4v) is 4.76. The number of hydrogen-bond acceptors (Lipinski definition) is 6. The second-order valence-electron chi connectivity index (χ2n) is 10.7. The van der Waals surface area contributed by atoms with Crippen molar-refractivity contribution in [2.75, 3.05) is 7.11 Å². The van der Waals surface area contributed by atoms with Crippen LogP contribution in [0.1, 0.15) is 69.6 Å². The summed E-state index contributed by atoms with van der Waals surface area (Å²) in [6.45, 7) is 12.4. The summed E-state index contributed by atoms with van der Waals surface area (Å²) >= 11 is 1.31. The molecule has 0 saturated heterocycles. The van der Waals surface area contributed by atoms with E-state index in [2.05, 4.69) is 51.6 Å². The van der Waals surface area contributed by atoms with Crippen LogP contribution in [0.5, 0.6) is 11.5 Å². The Morgan fingerprint density at radius 3 is 2.06 bits per heavy atom. The molecule has 2 heterocycles. The molecular formula is C28H31N3O3S. The summed E-state index contributed by atoms with van der Waals surface area (Å²) in [6.07, 6.45) is 5.55. The van der Waals surface area contributed by atoms with Gasteiger partial charge in [0.25, 0.3) is 5.56 Å². The summed E-state index contributed by atoms with van der Waals surface area (Å²) in [5.74, 6) is 1.59. The second-order valence-corrected chi connectivity index (χ2v) is 11.7. The molecule has 0 fully saturated rings. The minimum absolute atomic E-state index is 0.204. The lowest BCUT2D eigenvalue weighted by atomic mass is 9.78. The number of phenols is 1. The number of benzene rings is 2. The molecule has 0 unspecified atom stereocenters. The first-order chi connectivity index (χ1) is 16.4. The standard InChI is InChI=1S/C28H31N3O3S/c1-27(2,3)20-14-18(15-21(24(20)32)28(4,5)6)16-22-25(33)31-26(35-22)29-23(30-31)13-10-17-8-11-19(34-7)12-9-17/h8-16,32H,1-7H3. The van der Waals surface area contributed by atoms with Crippen molar-refractivity contribution in [2.24, 2.45) is 0 Å². The molecule has 6 nitrogen and oxygen atoms in total. The number of rotatable bonds is 4. The van der Waals surface area contributed by atoms with Crippen LogP contribution in [0, 0.1) is 0 Å². The number of thiazole rings is 1. The van der Waals surface area contributed by atoms with E-state index in [9.17, 15) is 9.90 Å². The van der Waals surface area contributed by atoms with Crippen molar-refractivity contribution in [3.63, 3.8) is 0 Å². The van der Waals surface area contributed by atoms with Crippen LogP contribution in [0.2, 0.25) is 0 Å². The first-order valence-corrected chi connectivity index (χ1v) is 12.3. The van der Waals surface area contributed by atoms with Crippen LogP contribution in [0.25, 0.3) is 23.2 Å². The highest BCUT2D eigenvalue weighted by Crippen LogP contribution is 2.39. The molecule has 35 heavy (non-hydrogen) atoms. The average Bonchev–Trinajstić information content (AvgIpc) is 3.30. The molecule has 0 bridgehead atoms. The van der Waals surface area contributed by atoms with Crippen molar-refractivity contribution in [2.45, 2.75) is 52.4 Å². The fraction of sp³-hybridized carbons (Fsp3) is 0.321. The molecule has 2 aromatic carbocycles. The Kier molecular flexibility index (Phi) is 6.32. The lowest BCUT2D eigenvalue weighted by Crippen LogP contribution is -2.24. The van der Waals surface area contributed by atoms with Crippen LogP contribution < -0.4 is 14.8 Å². The highest BCUT2D eigenvalue weighted by Gasteiger charge is 2.26. The van der Waals surface area contributed by atoms with Crippen molar-refractivity contribution in [3.8, 4) is 11.5 Å². The normalized spacial score (nSPS) is 13.3. The van der Waals surface area contributed by atoms with Gasteiger partial charge in [0.1, 0.15) is 11.5 Å². The molecule has 0 atom stereocenters. The zero-order valence-corrected chi connectivity index (χ0v) is 22.0. The molecule has 0 radical (unpaired) electrons. The van der Waals surface area contributed by atoms with Crippen LogP contribution in [-0.4, -0.2) is 26.8 Å². The third kappa shape index (κ3) is 5.15. The largest absolute Gasteiger partial charge is 0.507 e. The summed E-state index contributed by atoms with van der Waals surface area (Å²) in [5, 5.41) is 15.3. The fourth-order valence-electron chi connectivity index (χ4n) is 3.84. The van der Waals surface area contributed by atoms with E-state index in [0.29, 0.717) is 21.1 Å². The van der Waals surface area contributed by atoms with E-state index in [1.54, 1.807) is 13.2 Å². The molecule has 182 valence electrons. The summed E-state index contributed by atoms with van der Waals surface area (Å²) < 4.78 is 7.08. The van der Waals surface area contributed by atoms with Gasteiger partial charge < -0.3 is 9.84 Å². The Bertz CT molecular complexity index is 1480. The van der Waals surface area contributed by atoms with Gasteiger partial charge in [-0.2, -0.15) is 9.50 Å². The quantitative estimate of drug-likeness (QED) is 0.428. The summed E-state index contributed by atoms with van der Waals surface area (Å²) in [4.78, 5) is 18.1. The summed E-state index contributed by atoms with van der Waals surface area (Å²) in [7, 11) is 1.63. The van der Waals surface area contributed by atoms with Gasteiger partial charge in [-0.05, 0) is 58.4 Å². The van der Waals surface area contributed by atoms with Crippen molar-refractivity contribution in [1.82, 2.24) is 14.6 Å². The van der Waals surface area contributed by atoms with Crippen LogP contribution in [0.15, 0.2) is 41.2 Å². The summed E-state index contributed by atoms with van der Waals surface area (Å²) in [5.41, 5.74) is 2.87. The minimum atomic E-state index is -0.245. The molecule has 0 spiro atoms. The first kappa shape index (κ1) is 24.7. The molecule has 1 N–H and O–H groups in total. The number of phenolic OH excluding ortho intramolecular Hbond substituents is 1. The van der Waals surface area contributed by atoms with Gasteiger partial charge in [-0.1, -0.05) is 71.1 Å². The van der Waals surface area contributed by atoms with Crippen molar-refractivity contribution >= 4 is 34.5 Å². The van der Waals surface area contributed by atoms with Gasteiger partial charge in [-0.3, -0.25) is 4.79 Å². The number of fused-ring (bicyclic) bond motifs is 1. The first-order valence-electron chi connectivity index (χ1n) is 11.5. The third-order valence-electron chi connectivity index (χ3n) is 5.78. The van der Waals surface area contributed by atoms with Crippen LogP contribution in [0.4, 0.5) is 0 Å². The maximum atomic E-state index is 13.1. The van der Waals surface area contributed by atoms with E-state index in [-0.39, 0.29) is 16.4 Å². The Labute approximate surface area is 209 Å². The van der Waals surface area contributed by atoms with Crippen LogP contribution in [-0.2, 0) is 10.8 Å². The predicted octanol–water partition coefficient (Wildman–Crippen LogP) is 5.18. The second kappa shape index (κ2) is 8.96. The molecular weight excluding hydrogens is 458 g/mol. The zero-order valence-electron chi connectivity index (χ0n) is 21.2. The Morgan fingerprint density at radius 1 is 0.943 bits per heavy atom. The van der Waals surface area contributed by atoms with Gasteiger partial charge >= 0.3 is 0 Å². The molecule has 4 rings (SSSR count). The molecule has 0 amide bonds. The summed E-state index contributed by atoms with van der Waals surface area (Å²) in [6, 6.07) is 11.6. The average molecular weight is 490 g/mol. The topological polar surface area (TPSA) is 76.7 Å². The monoisotopic (exact) mass is 489 g/mol. The number of hydrogen-bond donors (Lipinski definition) is 1. The number of aromatic nitrogens is 3. The van der Waals surface area contributed by atoms with E-state index < -0.39 is 0 Å². The lowest BCUT2D eigenvalue weighted by molar-refractivity contribution is 0.415. The molecule has 4 aromatic rings. The van der Waals surface area contributed by atoms with Gasteiger partial charge in [-0.15, -0.1) is 5.10 Å². The van der Waals surface area contributed by atoms with Gasteiger partial charge in [0.2, 0.25) is 4.96 Å². The number of methoxy groups -OCH3 is 1. The minimum Gasteiger partial charge on any atom is -0.507 e. The molecule has 0 saturated carbocycles.